The van der Waals surface area contributed by atoms with Crippen LogP contribution in [0.3, 0.4) is 0 Å². The van der Waals surface area contributed by atoms with Crippen molar-refractivity contribution in [1.29, 1.82) is 0 Å². The van der Waals surface area contributed by atoms with Gasteiger partial charge in [-0.2, -0.15) is 0 Å². The Hall–Kier alpha value is -4.40. The SMILES string of the molecule is CC(=O)NCC(=O)N[C@H](CO)C(=O)N[C@@H](CCCCN)C(=O)N[C@H](CCCCN)C(=O)N[C@@H](CCCCN)C(=O)N[C@@H](C(=O)N[C@H](C(=O)N[C@@H](C)C(C)C)C(C)C)C(C)C. The van der Waals surface area contributed by atoms with E-state index < -0.39 is 96.7 Å². The molecule has 0 aliphatic carbocycles. The van der Waals surface area contributed by atoms with E-state index in [-0.39, 0.29) is 43.0 Å². The van der Waals surface area contributed by atoms with Crippen molar-refractivity contribution >= 4 is 47.3 Å². The van der Waals surface area contributed by atoms with E-state index in [4.69, 9.17) is 17.2 Å². The fraction of sp³-hybridized carbons (Fsp3) is 0.800. The smallest absolute Gasteiger partial charge is 0.245 e. The highest BCUT2D eigenvalue weighted by Crippen LogP contribution is 2.12. The number of hydrogen-bond donors (Lipinski definition) is 12. The molecule has 15 N–H and O–H groups in total. The number of aliphatic hydroxyl groups excluding tert-OH is 1. The molecule has 20 nitrogen and oxygen atoms in total. The monoisotopic (exact) mass is 856 g/mol. The molecule has 0 fully saturated rings. The van der Waals surface area contributed by atoms with Gasteiger partial charge < -0.3 is 64.8 Å². The molecule has 0 heterocycles. The van der Waals surface area contributed by atoms with Crippen molar-refractivity contribution in [2.45, 2.75) is 155 Å². The summed E-state index contributed by atoms with van der Waals surface area (Å²) in [5.41, 5.74) is 17.1. The van der Waals surface area contributed by atoms with Gasteiger partial charge in [0.2, 0.25) is 47.3 Å². The normalized spacial score (nSPS) is 14.8. The Bertz CT molecular complexity index is 1370. The Morgan fingerprint density at radius 3 is 1.13 bits per heavy atom. The first-order chi connectivity index (χ1) is 28.2. The highest BCUT2D eigenvalue weighted by molar-refractivity contribution is 5.97. The van der Waals surface area contributed by atoms with Gasteiger partial charge in [-0.3, -0.25) is 38.4 Å². The largest absolute Gasteiger partial charge is 0.394 e. The number of carbonyl (C=O) groups is 8. The van der Waals surface area contributed by atoms with Crippen LogP contribution in [-0.2, 0) is 38.4 Å². The number of carbonyl (C=O) groups excluding carboxylic acids is 8. The molecule has 20 heteroatoms. The first-order valence-corrected chi connectivity index (χ1v) is 21.3. The number of hydrogen-bond acceptors (Lipinski definition) is 12. The minimum absolute atomic E-state index is 0.1000. The van der Waals surface area contributed by atoms with Crippen LogP contribution in [0, 0.1) is 17.8 Å². The average Bonchev–Trinajstić information content (AvgIpc) is 3.18. The van der Waals surface area contributed by atoms with Gasteiger partial charge in [-0.1, -0.05) is 41.5 Å². The van der Waals surface area contributed by atoms with Crippen LogP contribution in [0.15, 0.2) is 0 Å². The summed E-state index contributed by atoms with van der Waals surface area (Å²) in [6.45, 7) is 13.8. The van der Waals surface area contributed by atoms with E-state index in [9.17, 15) is 43.5 Å². The Morgan fingerprint density at radius 1 is 0.450 bits per heavy atom. The third-order valence-electron chi connectivity index (χ3n) is 9.94. The lowest BCUT2D eigenvalue weighted by atomic mass is 9.98. The van der Waals surface area contributed by atoms with E-state index in [2.05, 4.69) is 42.5 Å². The average molecular weight is 856 g/mol. The number of nitrogens with two attached hydrogens (primary N) is 3. The molecule has 0 saturated carbocycles. The van der Waals surface area contributed by atoms with Crippen LogP contribution in [0.25, 0.3) is 0 Å². The molecule has 0 aliphatic rings. The molecule has 8 amide bonds. The summed E-state index contributed by atoms with van der Waals surface area (Å²) in [4.78, 5) is 105. The summed E-state index contributed by atoms with van der Waals surface area (Å²) in [6, 6.07) is -7.08. The summed E-state index contributed by atoms with van der Waals surface area (Å²) < 4.78 is 0. The van der Waals surface area contributed by atoms with E-state index in [1.54, 1.807) is 27.7 Å². The summed E-state index contributed by atoms with van der Waals surface area (Å²) in [5, 5.41) is 31.0. The lowest BCUT2D eigenvalue weighted by molar-refractivity contribution is -0.136. The van der Waals surface area contributed by atoms with Crippen LogP contribution in [0.4, 0.5) is 0 Å². The third kappa shape index (κ3) is 22.3. The van der Waals surface area contributed by atoms with Crippen molar-refractivity contribution in [2.24, 2.45) is 35.0 Å². The Balaban J connectivity index is 6.36. The zero-order valence-corrected chi connectivity index (χ0v) is 37.1. The van der Waals surface area contributed by atoms with Crippen LogP contribution in [0.1, 0.15) is 113 Å². The van der Waals surface area contributed by atoms with Gasteiger partial charge >= 0.3 is 0 Å². The molecule has 0 aliphatic heterocycles. The molecule has 7 atom stereocenters. The maximum Gasteiger partial charge on any atom is 0.245 e. The Labute approximate surface area is 355 Å². The molecule has 0 bridgehead atoms. The molecule has 0 aromatic rings. The van der Waals surface area contributed by atoms with Crippen LogP contribution in [0.2, 0.25) is 0 Å². The topological polar surface area (TPSA) is 331 Å². The van der Waals surface area contributed by atoms with Gasteiger partial charge in [0.1, 0.15) is 36.3 Å². The van der Waals surface area contributed by atoms with Gasteiger partial charge in [0.15, 0.2) is 0 Å². The minimum Gasteiger partial charge on any atom is -0.394 e. The lowest BCUT2D eigenvalue weighted by Gasteiger charge is -2.30. The zero-order valence-electron chi connectivity index (χ0n) is 37.1. The molecule has 0 saturated heterocycles. The predicted octanol–water partition coefficient (Wildman–Crippen LogP) is -2.12. The molecular formula is C40H77N11O9. The van der Waals surface area contributed by atoms with E-state index in [1.165, 1.54) is 6.92 Å². The van der Waals surface area contributed by atoms with Crippen molar-refractivity contribution in [2.75, 3.05) is 32.8 Å². The highest BCUT2D eigenvalue weighted by atomic mass is 16.3. The van der Waals surface area contributed by atoms with Crippen molar-refractivity contribution in [3.05, 3.63) is 0 Å². The maximum absolute atomic E-state index is 14.0. The van der Waals surface area contributed by atoms with Gasteiger partial charge in [-0.05, 0) is 102 Å². The molecule has 0 unspecified atom stereocenters. The van der Waals surface area contributed by atoms with E-state index in [0.29, 0.717) is 58.2 Å². The maximum atomic E-state index is 14.0. The second kappa shape index (κ2) is 30.6. The highest BCUT2D eigenvalue weighted by Gasteiger charge is 2.35. The van der Waals surface area contributed by atoms with Gasteiger partial charge in [-0.15, -0.1) is 0 Å². The summed E-state index contributed by atoms with van der Waals surface area (Å²) >= 11 is 0. The van der Waals surface area contributed by atoms with Crippen molar-refractivity contribution in [3.63, 3.8) is 0 Å². The second-order valence-electron chi connectivity index (χ2n) is 16.3. The first kappa shape index (κ1) is 55.6. The van der Waals surface area contributed by atoms with Crippen LogP contribution >= 0.6 is 0 Å². The zero-order chi connectivity index (χ0) is 45.9. The molecule has 60 heavy (non-hydrogen) atoms. The number of nitrogens with one attached hydrogen (secondary N) is 8. The summed E-state index contributed by atoms with van der Waals surface area (Å²) in [7, 11) is 0. The van der Waals surface area contributed by atoms with E-state index >= 15 is 0 Å². The van der Waals surface area contributed by atoms with Crippen LogP contribution < -0.4 is 59.7 Å². The molecule has 0 radical (unpaired) electrons. The molecule has 0 spiro atoms. The molecular weight excluding hydrogens is 779 g/mol. The number of rotatable bonds is 31. The summed E-state index contributed by atoms with van der Waals surface area (Å²) in [6.07, 6.45) is 3.22. The fourth-order valence-corrected chi connectivity index (χ4v) is 5.79. The van der Waals surface area contributed by atoms with Gasteiger partial charge in [0, 0.05) is 13.0 Å². The van der Waals surface area contributed by atoms with E-state index in [0.717, 1.165) is 0 Å². The number of unbranched alkanes of at least 4 members (excludes halogenated alkanes) is 3. The third-order valence-corrected chi connectivity index (χ3v) is 9.94. The Kier molecular flexibility index (Phi) is 28.4. The predicted molar refractivity (Wildman–Crippen MR) is 228 cm³/mol. The molecule has 0 aromatic carbocycles. The van der Waals surface area contributed by atoms with Gasteiger partial charge in [0.05, 0.1) is 13.2 Å². The van der Waals surface area contributed by atoms with Crippen molar-refractivity contribution in [1.82, 2.24) is 42.5 Å². The standard InChI is InChI=1S/C40H77N11O9/c1-23(2)26(7)45-39(59)33(24(3)4)51-40(60)34(25(5)6)50-37(57)30(17-11-14-20-43)48-35(55)28(15-9-12-18-41)47-36(56)29(16-10-13-19-42)49-38(58)31(22-52)46-32(54)21-44-27(8)53/h23-26,28-31,33-34,52H,9-22,41-43H2,1-8H3,(H,44,53)(H,45,59)(H,46,54)(H,47,56)(H,48,55)(H,49,58)(H,50,57)(H,51,60)/t26-,28+,29-,30-,31+,33-,34+/m0/s1. The van der Waals surface area contributed by atoms with Gasteiger partial charge in [-0.25, -0.2) is 0 Å². The molecule has 0 aromatic heterocycles. The fourth-order valence-electron chi connectivity index (χ4n) is 5.79. The lowest BCUT2D eigenvalue weighted by Crippen LogP contribution is -2.61. The second-order valence-corrected chi connectivity index (χ2v) is 16.3. The quantitative estimate of drug-likeness (QED) is 0.0333. The summed E-state index contributed by atoms with van der Waals surface area (Å²) in [5.74, 6) is -5.60. The van der Waals surface area contributed by atoms with Crippen molar-refractivity contribution in [3.8, 4) is 0 Å². The van der Waals surface area contributed by atoms with Crippen LogP contribution in [-0.4, -0.2) is 127 Å². The Morgan fingerprint density at radius 2 is 0.800 bits per heavy atom. The first-order valence-electron chi connectivity index (χ1n) is 21.3. The van der Waals surface area contributed by atoms with Crippen LogP contribution in [0.5, 0.6) is 0 Å². The van der Waals surface area contributed by atoms with Gasteiger partial charge in [0.25, 0.3) is 0 Å². The van der Waals surface area contributed by atoms with E-state index in [1.807, 2.05) is 20.8 Å². The molecule has 346 valence electrons. The number of aliphatic hydroxyl groups is 1. The van der Waals surface area contributed by atoms with Crippen molar-refractivity contribution < 1.29 is 43.5 Å². The molecule has 0 rings (SSSR count). The minimum atomic E-state index is -1.45. The number of amides is 8.